The first-order valence-corrected chi connectivity index (χ1v) is 8.47. The fourth-order valence-electron chi connectivity index (χ4n) is 3.82. The quantitative estimate of drug-likeness (QED) is 0.892. The van der Waals surface area contributed by atoms with Gasteiger partial charge in [-0.25, -0.2) is 0 Å². The van der Waals surface area contributed by atoms with E-state index in [0.29, 0.717) is 28.9 Å². The van der Waals surface area contributed by atoms with Crippen LogP contribution in [-0.4, -0.2) is 43.5 Å². The average Bonchev–Trinajstić information content (AvgIpc) is 3.03. The molecule has 0 bridgehead atoms. The highest BCUT2D eigenvalue weighted by molar-refractivity contribution is 5.95. The van der Waals surface area contributed by atoms with Crippen molar-refractivity contribution in [3.8, 4) is 11.5 Å². The third kappa shape index (κ3) is 3.47. The second-order valence-electron chi connectivity index (χ2n) is 6.64. The molecule has 2 amide bonds. The second-order valence-corrected chi connectivity index (χ2v) is 6.64. The number of ether oxygens (including phenoxy) is 2. The number of primary amides is 1. The van der Waals surface area contributed by atoms with Crippen molar-refractivity contribution in [2.24, 2.45) is 17.6 Å². The number of amides is 2. The van der Waals surface area contributed by atoms with Crippen molar-refractivity contribution in [1.82, 2.24) is 4.90 Å². The van der Waals surface area contributed by atoms with E-state index in [0.717, 1.165) is 13.1 Å². The summed E-state index contributed by atoms with van der Waals surface area (Å²) < 4.78 is 10.6. The maximum Gasteiger partial charge on any atom is 0.255 e. The van der Waals surface area contributed by atoms with Crippen molar-refractivity contribution in [2.75, 3.05) is 26.8 Å². The molecular weight excluding hydrogens is 308 g/mol. The largest absolute Gasteiger partial charge is 0.493 e. The molecule has 1 aliphatic carbocycles. The Bertz CT molecular complexity index is 617. The van der Waals surface area contributed by atoms with Crippen LogP contribution in [0, 0.1) is 11.8 Å². The van der Waals surface area contributed by atoms with Gasteiger partial charge in [-0.3, -0.25) is 9.59 Å². The molecule has 6 nitrogen and oxygen atoms in total. The van der Waals surface area contributed by atoms with Crippen LogP contribution in [0.25, 0.3) is 0 Å². The minimum atomic E-state index is -0.558. The molecule has 0 spiro atoms. The van der Waals surface area contributed by atoms with Gasteiger partial charge in [-0.1, -0.05) is 12.8 Å². The number of hydrogen-bond donors (Lipinski definition) is 1. The first-order chi connectivity index (χ1) is 11.6. The predicted molar refractivity (Wildman–Crippen MR) is 89.0 cm³/mol. The zero-order chi connectivity index (χ0) is 17.1. The predicted octanol–water partition coefficient (Wildman–Crippen LogP) is 1.82. The molecular formula is C18H24N2O4. The minimum absolute atomic E-state index is 0.0316. The molecule has 130 valence electrons. The third-order valence-electron chi connectivity index (χ3n) is 5.04. The Morgan fingerprint density at radius 2 is 1.83 bits per heavy atom. The number of hydrogen-bond acceptors (Lipinski definition) is 4. The summed E-state index contributed by atoms with van der Waals surface area (Å²) in [6.45, 7) is 1.48. The van der Waals surface area contributed by atoms with Gasteiger partial charge in [-0.2, -0.15) is 0 Å². The SMILES string of the molecule is COc1cc(C(=O)N2CC3CCCCC3C2)ccc1OCC(N)=O. The molecule has 1 aromatic rings. The van der Waals surface area contributed by atoms with Crippen molar-refractivity contribution < 1.29 is 19.1 Å². The van der Waals surface area contributed by atoms with Gasteiger partial charge in [0.1, 0.15) is 0 Å². The number of carbonyl (C=O) groups is 2. The van der Waals surface area contributed by atoms with E-state index in [-0.39, 0.29) is 12.5 Å². The molecule has 6 heteroatoms. The van der Waals surface area contributed by atoms with E-state index in [2.05, 4.69) is 0 Å². The van der Waals surface area contributed by atoms with Gasteiger partial charge in [0.25, 0.3) is 11.8 Å². The standard InChI is InChI=1S/C18H24N2O4/c1-23-16-8-12(6-7-15(16)24-11-17(19)21)18(22)20-9-13-4-2-3-5-14(13)10-20/h6-8,13-14H,2-5,9-11H2,1H3,(H2,19,21). The van der Waals surface area contributed by atoms with Crippen LogP contribution in [0.15, 0.2) is 18.2 Å². The molecule has 2 fully saturated rings. The third-order valence-corrected chi connectivity index (χ3v) is 5.04. The van der Waals surface area contributed by atoms with E-state index in [1.165, 1.54) is 32.8 Å². The lowest BCUT2D eigenvalue weighted by molar-refractivity contribution is -0.119. The number of carbonyl (C=O) groups excluding carboxylic acids is 2. The zero-order valence-corrected chi connectivity index (χ0v) is 14.0. The van der Waals surface area contributed by atoms with Gasteiger partial charge < -0.3 is 20.1 Å². The summed E-state index contributed by atoms with van der Waals surface area (Å²) in [6.07, 6.45) is 5.03. The van der Waals surface area contributed by atoms with Crippen LogP contribution in [0.4, 0.5) is 0 Å². The minimum Gasteiger partial charge on any atom is -0.493 e. The number of methoxy groups -OCH3 is 1. The van der Waals surface area contributed by atoms with Gasteiger partial charge in [-0.15, -0.1) is 0 Å². The summed E-state index contributed by atoms with van der Waals surface area (Å²) >= 11 is 0. The van der Waals surface area contributed by atoms with Crippen molar-refractivity contribution in [3.05, 3.63) is 23.8 Å². The van der Waals surface area contributed by atoms with Crippen LogP contribution in [0.2, 0.25) is 0 Å². The smallest absolute Gasteiger partial charge is 0.255 e. The Morgan fingerprint density at radius 1 is 1.17 bits per heavy atom. The lowest BCUT2D eigenvalue weighted by Gasteiger charge is -2.22. The molecule has 2 aliphatic rings. The maximum absolute atomic E-state index is 12.8. The molecule has 2 unspecified atom stereocenters. The molecule has 1 saturated carbocycles. The van der Waals surface area contributed by atoms with Crippen LogP contribution in [0.5, 0.6) is 11.5 Å². The van der Waals surface area contributed by atoms with Crippen LogP contribution < -0.4 is 15.2 Å². The van der Waals surface area contributed by atoms with E-state index in [1.807, 2.05) is 4.90 Å². The van der Waals surface area contributed by atoms with Crippen LogP contribution in [-0.2, 0) is 4.79 Å². The van der Waals surface area contributed by atoms with Gasteiger partial charge in [-0.05, 0) is 42.9 Å². The van der Waals surface area contributed by atoms with Crippen LogP contribution >= 0.6 is 0 Å². The van der Waals surface area contributed by atoms with Gasteiger partial charge in [0, 0.05) is 18.7 Å². The fraction of sp³-hybridized carbons (Fsp3) is 0.556. The molecule has 1 aliphatic heterocycles. The Hall–Kier alpha value is -2.24. The lowest BCUT2D eigenvalue weighted by Crippen LogP contribution is -2.29. The van der Waals surface area contributed by atoms with Crippen LogP contribution in [0.3, 0.4) is 0 Å². The summed E-state index contributed by atoms with van der Waals surface area (Å²) in [7, 11) is 1.51. The van der Waals surface area contributed by atoms with Crippen molar-refractivity contribution >= 4 is 11.8 Å². The Labute approximate surface area is 141 Å². The highest BCUT2D eigenvalue weighted by Crippen LogP contribution is 2.37. The van der Waals surface area contributed by atoms with Crippen LogP contribution in [0.1, 0.15) is 36.0 Å². The number of nitrogens with two attached hydrogens (primary N) is 1. The fourth-order valence-corrected chi connectivity index (χ4v) is 3.82. The molecule has 3 rings (SSSR count). The molecule has 1 saturated heterocycles. The van der Waals surface area contributed by atoms with Crippen molar-refractivity contribution in [3.63, 3.8) is 0 Å². The zero-order valence-electron chi connectivity index (χ0n) is 14.0. The van der Waals surface area contributed by atoms with E-state index < -0.39 is 5.91 Å². The Balaban J connectivity index is 1.72. The van der Waals surface area contributed by atoms with Gasteiger partial charge >= 0.3 is 0 Å². The number of nitrogens with zero attached hydrogens (tertiary/aromatic N) is 1. The van der Waals surface area contributed by atoms with Crippen molar-refractivity contribution in [2.45, 2.75) is 25.7 Å². The number of fused-ring (bicyclic) bond motifs is 1. The summed E-state index contributed by atoms with van der Waals surface area (Å²) in [5.41, 5.74) is 5.67. The van der Waals surface area contributed by atoms with Gasteiger partial charge in [0.15, 0.2) is 18.1 Å². The molecule has 0 radical (unpaired) electrons. The lowest BCUT2D eigenvalue weighted by atomic mass is 9.82. The van der Waals surface area contributed by atoms with E-state index in [9.17, 15) is 9.59 Å². The summed E-state index contributed by atoms with van der Waals surface area (Å²) in [4.78, 5) is 25.6. The highest BCUT2D eigenvalue weighted by atomic mass is 16.5. The molecule has 24 heavy (non-hydrogen) atoms. The first-order valence-electron chi connectivity index (χ1n) is 8.47. The maximum atomic E-state index is 12.8. The van der Waals surface area contributed by atoms with E-state index >= 15 is 0 Å². The second kappa shape index (κ2) is 7.11. The van der Waals surface area contributed by atoms with Gasteiger partial charge in [0.05, 0.1) is 7.11 Å². The van der Waals surface area contributed by atoms with E-state index in [1.54, 1.807) is 18.2 Å². The molecule has 0 aromatic heterocycles. The Kier molecular flexibility index (Phi) is 4.92. The average molecular weight is 332 g/mol. The monoisotopic (exact) mass is 332 g/mol. The summed E-state index contributed by atoms with van der Waals surface area (Å²) in [5.74, 6) is 1.62. The first kappa shape index (κ1) is 16.6. The normalized spacial score (nSPS) is 22.8. The molecule has 2 N–H and O–H groups in total. The summed E-state index contributed by atoms with van der Waals surface area (Å²) in [5, 5.41) is 0. The molecule has 1 heterocycles. The highest BCUT2D eigenvalue weighted by Gasteiger charge is 2.36. The number of benzene rings is 1. The number of rotatable bonds is 5. The Morgan fingerprint density at radius 3 is 2.42 bits per heavy atom. The van der Waals surface area contributed by atoms with E-state index in [4.69, 9.17) is 15.2 Å². The number of likely N-dealkylation sites (tertiary alicyclic amines) is 1. The molecule has 1 aromatic carbocycles. The molecule has 2 atom stereocenters. The topological polar surface area (TPSA) is 81.9 Å². The summed E-state index contributed by atoms with van der Waals surface area (Å²) in [6, 6.07) is 5.03. The van der Waals surface area contributed by atoms with Gasteiger partial charge in [0.2, 0.25) is 0 Å². The van der Waals surface area contributed by atoms with Crippen molar-refractivity contribution in [1.29, 1.82) is 0 Å².